The third kappa shape index (κ3) is 4.02. The van der Waals surface area contributed by atoms with Crippen LogP contribution in [0.3, 0.4) is 0 Å². The van der Waals surface area contributed by atoms with Crippen LogP contribution in [0.1, 0.15) is 0 Å². The van der Waals surface area contributed by atoms with Crippen LogP contribution < -0.4 is 14.5 Å². The molecule has 26 heavy (non-hydrogen) atoms. The molecular formula is C16H21FN6O2S. The monoisotopic (exact) mass is 380 g/mol. The van der Waals surface area contributed by atoms with Crippen molar-refractivity contribution in [1.82, 2.24) is 14.5 Å². The minimum absolute atomic E-state index is 0.160. The van der Waals surface area contributed by atoms with E-state index in [4.69, 9.17) is 0 Å². The van der Waals surface area contributed by atoms with Gasteiger partial charge in [-0.2, -0.15) is 12.7 Å². The average molecular weight is 380 g/mol. The van der Waals surface area contributed by atoms with Crippen molar-refractivity contribution in [2.45, 2.75) is 0 Å². The number of nitrogens with zero attached hydrogens (tertiary/aromatic N) is 5. The number of rotatable bonds is 5. The molecule has 1 N–H and O–H groups in total. The third-order valence-electron chi connectivity index (χ3n) is 4.16. The van der Waals surface area contributed by atoms with E-state index in [-0.39, 0.29) is 11.6 Å². The highest BCUT2D eigenvalue weighted by Crippen LogP contribution is 2.22. The average Bonchev–Trinajstić information content (AvgIpc) is 2.63. The molecule has 0 bridgehead atoms. The van der Waals surface area contributed by atoms with E-state index in [1.165, 1.54) is 20.2 Å². The van der Waals surface area contributed by atoms with Gasteiger partial charge in [0.1, 0.15) is 5.82 Å². The molecule has 3 rings (SSSR count). The third-order valence-corrected chi connectivity index (χ3v) is 5.59. The van der Waals surface area contributed by atoms with Crippen molar-refractivity contribution in [3.63, 3.8) is 0 Å². The van der Waals surface area contributed by atoms with Gasteiger partial charge in [-0.15, -0.1) is 10.2 Å². The van der Waals surface area contributed by atoms with Crippen LogP contribution in [0.15, 0.2) is 36.4 Å². The summed E-state index contributed by atoms with van der Waals surface area (Å²) in [5.74, 6) is 0.594. The second-order valence-corrected chi connectivity index (χ2v) is 7.98. The fraction of sp³-hybridized carbons (Fsp3) is 0.375. The standard InChI is InChI=1S/C16H21FN6O2S/c1-21(2)26(24,25)20-15-7-8-16(19-18-15)23-11-9-22(10-12-23)14-6-4-3-5-13(14)17/h3-8H,9-12H2,1-2H3,(H,18,20). The smallest absolute Gasteiger partial charge is 0.302 e. The maximum Gasteiger partial charge on any atom is 0.302 e. The highest BCUT2D eigenvalue weighted by atomic mass is 32.2. The molecule has 1 aliphatic heterocycles. The van der Waals surface area contributed by atoms with Gasteiger partial charge in [-0.1, -0.05) is 12.1 Å². The number of hydrogen-bond donors (Lipinski definition) is 1. The van der Waals surface area contributed by atoms with Crippen molar-refractivity contribution in [2.75, 3.05) is 54.8 Å². The first-order valence-electron chi connectivity index (χ1n) is 8.15. The van der Waals surface area contributed by atoms with Gasteiger partial charge in [-0.25, -0.2) is 4.39 Å². The zero-order chi connectivity index (χ0) is 18.7. The first-order valence-corrected chi connectivity index (χ1v) is 9.59. The molecule has 2 heterocycles. The minimum atomic E-state index is -3.61. The van der Waals surface area contributed by atoms with Gasteiger partial charge in [-0.3, -0.25) is 4.72 Å². The van der Waals surface area contributed by atoms with Gasteiger partial charge in [0.2, 0.25) is 0 Å². The molecule has 1 fully saturated rings. The van der Waals surface area contributed by atoms with E-state index in [2.05, 4.69) is 14.9 Å². The molecule has 0 saturated carbocycles. The molecule has 0 aliphatic carbocycles. The number of anilines is 3. The van der Waals surface area contributed by atoms with Crippen molar-refractivity contribution in [1.29, 1.82) is 0 Å². The molecule has 1 aliphatic rings. The minimum Gasteiger partial charge on any atom is -0.366 e. The Labute approximate surface area is 152 Å². The Balaban J connectivity index is 1.62. The summed E-state index contributed by atoms with van der Waals surface area (Å²) in [4.78, 5) is 4.04. The first kappa shape index (κ1) is 18.3. The predicted molar refractivity (Wildman–Crippen MR) is 99.1 cm³/mol. The molecule has 0 atom stereocenters. The van der Waals surface area contributed by atoms with Crippen LogP contribution in [0.5, 0.6) is 0 Å². The Morgan fingerprint density at radius 2 is 1.65 bits per heavy atom. The molecule has 1 aromatic carbocycles. The summed E-state index contributed by atoms with van der Waals surface area (Å²) in [5, 5.41) is 8.03. The molecule has 1 aromatic heterocycles. The van der Waals surface area contributed by atoms with Crippen molar-refractivity contribution < 1.29 is 12.8 Å². The van der Waals surface area contributed by atoms with Gasteiger partial charge in [0.25, 0.3) is 0 Å². The highest BCUT2D eigenvalue weighted by Gasteiger charge is 2.21. The van der Waals surface area contributed by atoms with Gasteiger partial charge in [0.05, 0.1) is 5.69 Å². The number of halogens is 1. The van der Waals surface area contributed by atoms with Gasteiger partial charge < -0.3 is 9.80 Å². The Morgan fingerprint density at radius 3 is 2.23 bits per heavy atom. The quantitative estimate of drug-likeness (QED) is 0.838. The van der Waals surface area contributed by atoms with Crippen LogP contribution >= 0.6 is 0 Å². The normalized spacial score (nSPS) is 15.4. The van der Waals surface area contributed by atoms with Gasteiger partial charge in [-0.05, 0) is 24.3 Å². The number of para-hydroxylation sites is 1. The second-order valence-electron chi connectivity index (χ2n) is 6.09. The van der Waals surface area contributed by atoms with Crippen LogP contribution in [0, 0.1) is 5.82 Å². The van der Waals surface area contributed by atoms with Crippen molar-refractivity contribution in [3.05, 3.63) is 42.2 Å². The number of aromatic nitrogens is 2. The van der Waals surface area contributed by atoms with Crippen LogP contribution in [0.2, 0.25) is 0 Å². The van der Waals surface area contributed by atoms with E-state index in [9.17, 15) is 12.8 Å². The number of nitrogens with one attached hydrogen (secondary N) is 1. The number of hydrogen-bond acceptors (Lipinski definition) is 6. The molecule has 8 nitrogen and oxygen atoms in total. The Morgan fingerprint density at radius 1 is 1.00 bits per heavy atom. The van der Waals surface area contributed by atoms with E-state index in [1.54, 1.807) is 24.3 Å². The van der Waals surface area contributed by atoms with Crippen LogP contribution in [-0.4, -0.2) is 63.2 Å². The zero-order valence-electron chi connectivity index (χ0n) is 14.6. The molecular weight excluding hydrogens is 359 g/mol. The lowest BCUT2D eigenvalue weighted by atomic mass is 10.2. The maximum atomic E-state index is 13.9. The van der Waals surface area contributed by atoms with E-state index in [0.717, 1.165) is 4.31 Å². The van der Waals surface area contributed by atoms with Crippen LogP contribution in [0.25, 0.3) is 0 Å². The Bertz CT molecular complexity index is 851. The molecule has 2 aromatic rings. The first-order chi connectivity index (χ1) is 12.4. The van der Waals surface area contributed by atoms with E-state index in [1.807, 2.05) is 15.9 Å². The van der Waals surface area contributed by atoms with E-state index in [0.29, 0.717) is 37.7 Å². The number of benzene rings is 1. The molecule has 0 spiro atoms. The summed E-state index contributed by atoms with van der Waals surface area (Å²) >= 11 is 0. The van der Waals surface area contributed by atoms with E-state index < -0.39 is 10.2 Å². The summed E-state index contributed by atoms with van der Waals surface area (Å²) in [6.07, 6.45) is 0. The topological polar surface area (TPSA) is 81.7 Å². The predicted octanol–water partition coefficient (Wildman–Crippen LogP) is 1.16. The summed E-state index contributed by atoms with van der Waals surface area (Å²) in [6.45, 7) is 2.67. The highest BCUT2D eigenvalue weighted by molar-refractivity contribution is 7.90. The van der Waals surface area contributed by atoms with Crippen molar-refractivity contribution in [3.8, 4) is 0 Å². The summed E-state index contributed by atoms with van der Waals surface area (Å²) < 4.78 is 40.9. The Kier molecular flexibility index (Phi) is 5.23. The lowest BCUT2D eigenvalue weighted by molar-refractivity contribution is 0.526. The maximum absolute atomic E-state index is 13.9. The molecule has 0 amide bonds. The lowest BCUT2D eigenvalue weighted by Gasteiger charge is -2.36. The van der Waals surface area contributed by atoms with E-state index >= 15 is 0 Å². The molecule has 140 valence electrons. The summed E-state index contributed by atoms with van der Waals surface area (Å²) in [5.41, 5.74) is 0.603. The van der Waals surface area contributed by atoms with Crippen LogP contribution in [0.4, 0.5) is 21.7 Å². The summed E-state index contributed by atoms with van der Waals surface area (Å²) in [6, 6.07) is 10.0. The number of piperazine rings is 1. The van der Waals surface area contributed by atoms with Crippen molar-refractivity contribution >= 4 is 27.5 Å². The molecule has 1 saturated heterocycles. The second kappa shape index (κ2) is 7.42. The van der Waals surface area contributed by atoms with Gasteiger partial charge in [0.15, 0.2) is 11.6 Å². The Hall–Kier alpha value is -2.46. The molecule has 0 unspecified atom stereocenters. The largest absolute Gasteiger partial charge is 0.366 e. The van der Waals surface area contributed by atoms with Gasteiger partial charge in [0, 0.05) is 40.3 Å². The summed E-state index contributed by atoms with van der Waals surface area (Å²) in [7, 11) is -0.746. The van der Waals surface area contributed by atoms with Gasteiger partial charge >= 0.3 is 10.2 Å². The van der Waals surface area contributed by atoms with Crippen molar-refractivity contribution in [2.24, 2.45) is 0 Å². The fourth-order valence-electron chi connectivity index (χ4n) is 2.66. The fourth-order valence-corrected chi connectivity index (χ4v) is 3.21. The molecule has 0 radical (unpaired) electrons. The SMILES string of the molecule is CN(C)S(=O)(=O)Nc1ccc(N2CCN(c3ccccc3F)CC2)nn1. The van der Waals surface area contributed by atoms with Crippen LogP contribution in [-0.2, 0) is 10.2 Å². The zero-order valence-corrected chi connectivity index (χ0v) is 15.4. The molecule has 10 heteroatoms. The lowest BCUT2D eigenvalue weighted by Crippen LogP contribution is -2.47.